The van der Waals surface area contributed by atoms with Crippen molar-refractivity contribution in [2.75, 3.05) is 19.6 Å². The molecule has 1 amide bonds. The fourth-order valence-electron chi connectivity index (χ4n) is 3.13. The number of hydrogen-bond donors (Lipinski definition) is 1. The van der Waals surface area contributed by atoms with E-state index in [0.29, 0.717) is 38.0 Å². The van der Waals surface area contributed by atoms with E-state index in [1.165, 1.54) is 16.4 Å². The van der Waals surface area contributed by atoms with E-state index in [1.807, 2.05) is 0 Å². The van der Waals surface area contributed by atoms with E-state index < -0.39 is 15.8 Å². The van der Waals surface area contributed by atoms with Gasteiger partial charge in [-0.05, 0) is 49.9 Å². The molecule has 1 aromatic rings. The second-order valence-electron chi connectivity index (χ2n) is 6.59. The minimum absolute atomic E-state index is 0.0195. The van der Waals surface area contributed by atoms with Crippen molar-refractivity contribution in [1.29, 1.82) is 0 Å². The van der Waals surface area contributed by atoms with Crippen LogP contribution in [0.3, 0.4) is 0 Å². The van der Waals surface area contributed by atoms with E-state index in [4.69, 9.17) is 0 Å². The lowest BCUT2D eigenvalue weighted by Crippen LogP contribution is -2.43. The highest BCUT2D eigenvalue weighted by Gasteiger charge is 2.32. The number of nitrogens with one attached hydrogen (secondary N) is 1. The van der Waals surface area contributed by atoms with Gasteiger partial charge in [0.25, 0.3) is 0 Å². The maximum Gasteiger partial charge on any atom is 0.243 e. The molecule has 0 spiro atoms. The fourth-order valence-corrected chi connectivity index (χ4v) is 4.81. The predicted molar refractivity (Wildman–Crippen MR) is 95.2 cm³/mol. The summed E-state index contributed by atoms with van der Waals surface area (Å²) in [6.07, 6.45) is 4.19. The number of rotatable bonds is 7. The first-order chi connectivity index (χ1) is 11.9. The van der Waals surface area contributed by atoms with Crippen molar-refractivity contribution in [3.8, 4) is 0 Å². The maximum absolute atomic E-state index is 13.2. The third kappa shape index (κ3) is 5.01. The Hall–Kier alpha value is -1.47. The highest BCUT2D eigenvalue weighted by atomic mass is 32.2. The number of aryl methyl sites for hydroxylation is 1. The molecule has 0 aromatic heterocycles. The third-order valence-electron chi connectivity index (χ3n) is 4.66. The van der Waals surface area contributed by atoms with Gasteiger partial charge in [0.2, 0.25) is 15.9 Å². The number of unbranched alkanes of at least 4 members (excludes halogenated alkanes) is 2. The quantitative estimate of drug-likeness (QED) is 0.751. The lowest BCUT2D eigenvalue weighted by molar-refractivity contribution is -0.126. The van der Waals surface area contributed by atoms with Crippen LogP contribution in [-0.4, -0.2) is 38.3 Å². The van der Waals surface area contributed by atoms with Gasteiger partial charge < -0.3 is 5.32 Å². The van der Waals surface area contributed by atoms with Gasteiger partial charge in [-0.3, -0.25) is 4.79 Å². The fraction of sp³-hybridized carbons (Fsp3) is 0.611. The minimum atomic E-state index is -3.65. The normalized spacial score (nSPS) is 16.8. The molecule has 1 aromatic carbocycles. The number of halogens is 1. The number of hydrogen-bond acceptors (Lipinski definition) is 3. The van der Waals surface area contributed by atoms with E-state index in [9.17, 15) is 17.6 Å². The van der Waals surface area contributed by atoms with Crippen molar-refractivity contribution in [1.82, 2.24) is 9.62 Å². The molecule has 1 fully saturated rings. The van der Waals surface area contributed by atoms with Crippen LogP contribution in [0.1, 0.15) is 44.6 Å². The van der Waals surface area contributed by atoms with E-state index in [-0.39, 0.29) is 16.7 Å². The van der Waals surface area contributed by atoms with Gasteiger partial charge in [0, 0.05) is 25.6 Å². The average Bonchev–Trinajstić information content (AvgIpc) is 2.58. The number of carbonyl (C=O) groups is 1. The van der Waals surface area contributed by atoms with Gasteiger partial charge in [0.05, 0.1) is 4.90 Å². The third-order valence-corrected chi connectivity index (χ3v) is 6.72. The van der Waals surface area contributed by atoms with Crippen molar-refractivity contribution in [2.45, 2.75) is 50.8 Å². The molecule has 0 aliphatic carbocycles. The first-order valence-corrected chi connectivity index (χ1v) is 10.3. The molecule has 140 valence electrons. The highest BCUT2D eigenvalue weighted by molar-refractivity contribution is 7.89. The largest absolute Gasteiger partial charge is 0.356 e. The Kier molecular flexibility index (Phi) is 6.95. The summed E-state index contributed by atoms with van der Waals surface area (Å²) in [5.74, 6) is -0.566. The molecule has 5 nitrogen and oxygen atoms in total. The monoisotopic (exact) mass is 370 g/mol. The molecule has 0 unspecified atom stereocenters. The predicted octanol–water partition coefficient (Wildman–Crippen LogP) is 2.84. The van der Waals surface area contributed by atoms with Crippen LogP contribution in [0.25, 0.3) is 0 Å². The lowest BCUT2D eigenvalue weighted by atomic mass is 9.97. The second kappa shape index (κ2) is 8.76. The summed E-state index contributed by atoms with van der Waals surface area (Å²) >= 11 is 0. The smallest absolute Gasteiger partial charge is 0.243 e. The van der Waals surface area contributed by atoms with Gasteiger partial charge in [0.1, 0.15) is 5.82 Å². The molecule has 1 heterocycles. The van der Waals surface area contributed by atoms with Crippen LogP contribution < -0.4 is 5.32 Å². The Balaban J connectivity index is 1.93. The molecule has 1 N–H and O–H groups in total. The molecule has 0 bridgehead atoms. The summed E-state index contributed by atoms with van der Waals surface area (Å²) in [6, 6.07) is 3.70. The molecule has 1 saturated heterocycles. The van der Waals surface area contributed by atoms with Gasteiger partial charge in [-0.1, -0.05) is 19.8 Å². The summed E-state index contributed by atoms with van der Waals surface area (Å²) in [7, 11) is -3.65. The molecule has 7 heteroatoms. The Morgan fingerprint density at radius 2 is 1.96 bits per heavy atom. The standard InChI is InChI=1S/C18H27FN2O3S/c1-3-4-5-10-20-18(22)15-8-11-21(12-9-15)25(23,24)17-7-6-16(19)13-14(17)2/h6-7,13,15H,3-5,8-12H2,1-2H3,(H,20,22). The van der Waals surface area contributed by atoms with Gasteiger partial charge in [-0.15, -0.1) is 0 Å². The Morgan fingerprint density at radius 1 is 1.28 bits per heavy atom. The van der Waals surface area contributed by atoms with Crippen LogP contribution >= 0.6 is 0 Å². The van der Waals surface area contributed by atoms with Crippen molar-refractivity contribution in [3.63, 3.8) is 0 Å². The first kappa shape index (κ1) is 19.8. The minimum Gasteiger partial charge on any atom is -0.356 e. The number of benzene rings is 1. The van der Waals surface area contributed by atoms with Crippen molar-refractivity contribution < 1.29 is 17.6 Å². The number of sulfonamides is 1. The first-order valence-electron chi connectivity index (χ1n) is 8.90. The summed E-state index contributed by atoms with van der Waals surface area (Å²) in [6.45, 7) is 5.01. The average molecular weight is 370 g/mol. The van der Waals surface area contributed by atoms with Crippen molar-refractivity contribution in [3.05, 3.63) is 29.6 Å². The van der Waals surface area contributed by atoms with Crippen LogP contribution in [0.2, 0.25) is 0 Å². The van der Waals surface area contributed by atoms with Crippen LogP contribution in [0.4, 0.5) is 4.39 Å². The van der Waals surface area contributed by atoms with Crippen LogP contribution in [0.5, 0.6) is 0 Å². The number of piperidine rings is 1. The number of carbonyl (C=O) groups excluding carboxylic acids is 1. The lowest BCUT2D eigenvalue weighted by Gasteiger charge is -2.31. The molecule has 0 atom stereocenters. The SMILES string of the molecule is CCCCCNC(=O)C1CCN(S(=O)(=O)c2ccc(F)cc2C)CC1. The zero-order chi connectivity index (χ0) is 18.4. The van der Waals surface area contributed by atoms with Crippen molar-refractivity contribution in [2.24, 2.45) is 5.92 Å². The van der Waals surface area contributed by atoms with E-state index in [0.717, 1.165) is 25.3 Å². The summed E-state index contributed by atoms with van der Waals surface area (Å²) in [5.41, 5.74) is 0.399. The molecular weight excluding hydrogens is 343 g/mol. The van der Waals surface area contributed by atoms with E-state index in [1.54, 1.807) is 6.92 Å². The van der Waals surface area contributed by atoms with Crippen molar-refractivity contribution >= 4 is 15.9 Å². The van der Waals surface area contributed by atoms with Gasteiger partial charge in [-0.2, -0.15) is 4.31 Å². The Labute approximate surface area is 149 Å². The van der Waals surface area contributed by atoms with E-state index in [2.05, 4.69) is 12.2 Å². The molecular formula is C18H27FN2O3S. The summed E-state index contributed by atoms with van der Waals surface area (Å²) in [4.78, 5) is 12.3. The van der Waals surface area contributed by atoms with E-state index >= 15 is 0 Å². The summed E-state index contributed by atoms with van der Waals surface area (Å²) < 4.78 is 40.1. The highest BCUT2D eigenvalue weighted by Crippen LogP contribution is 2.26. The molecule has 1 aliphatic heterocycles. The maximum atomic E-state index is 13.2. The van der Waals surface area contributed by atoms with Gasteiger partial charge in [-0.25, -0.2) is 12.8 Å². The Bertz CT molecular complexity index is 698. The zero-order valence-corrected chi connectivity index (χ0v) is 15.7. The number of amides is 1. The molecule has 25 heavy (non-hydrogen) atoms. The van der Waals surface area contributed by atoms with Crippen LogP contribution in [-0.2, 0) is 14.8 Å². The molecule has 1 aliphatic rings. The molecule has 0 saturated carbocycles. The molecule has 0 radical (unpaired) electrons. The van der Waals surface area contributed by atoms with Gasteiger partial charge >= 0.3 is 0 Å². The van der Waals surface area contributed by atoms with Crippen LogP contribution in [0, 0.1) is 18.7 Å². The topological polar surface area (TPSA) is 66.5 Å². The molecule has 2 rings (SSSR count). The Morgan fingerprint density at radius 3 is 2.56 bits per heavy atom. The second-order valence-corrected chi connectivity index (χ2v) is 8.49. The number of nitrogens with zero attached hydrogens (tertiary/aromatic N) is 1. The van der Waals surface area contributed by atoms with Gasteiger partial charge in [0.15, 0.2) is 0 Å². The zero-order valence-electron chi connectivity index (χ0n) is 14.9. The van der Waals surface area contributed by atoms with Crippen LogP contribution in [0.15, 0.2) is 23.1 Å². The summed E-state index contributed by atoms with van der Waals surface area (Å²) in [5, 5.41) is 2.94.